The topological polar surface area (TPSA) is 106 Å². The lowest BCUT2D eigenvalue weighted by atomic mass is 9.95. The van der Waals surface area contributed by atoms with Crippen molar-refractivity contribution in [3.63, 3.8) is 0 Å². The average Bonchev–Trinajstić information content (AvgIpc) is 3.46. The van der Waals surface area contributed by atoms with Gasteiger partial charge in [0.1, 0.15) is 22.1 Å². The van der Waals surface area contributed by atoms with Gasteiger partial charge in [-0.05, 0) is 55.8 Å². The second-order valence-electron chi connectivity index (χ2n) is 8.80. The molecule has 0 saturated carbocycles. The number of anilines is 1. The van der Waals surface area contributed by atoms with E-state index in [2.05, 4.69) is 20.9 Å². The maximum atomic E-state index is 13.5. The lowest BCUT2D eigenvalue weighted by Crippen LogP contribution is -2.29. The van der Waals surface area contributed by atoms with Crippen LogP contribution in [0, 0.1) is 6.92 Å². The van der Waals surface area contributed by atoms with Crippen molar-refractivity contribution in [3.8, 4) is 11.5 Å². The minimum Gasteiger partial charge on any atom is -0.507 e. The summed E-state index contributed by atoms with van der Waals surface area (Å²) in [6.45, 7) is 3.51. The van der Waals surface area contributed by atoms with E-state index in [4.69, 9.17) is 9.47 Å². The number of aryl methyl sites for hydroxylation is 1. The van der Waals surface area contributed by atoms with E-state index in [0.717, 1.165) is 15.8 Å². The van der Waals surface area contributed by atoms with Crippen LogP contribution in [0.2, 0.25) is 0 Å². The van der Waals surface area contributed by atoms with Gasteiger partial charge < -0.3 is 14.6 Å². The van der Waals surface area contributed by atoms with Crippen molar-refractivity contribution in [1.29, 1.82) is 0 Å². The molecule has 0 bridgehead atoms. The Bertz CT molecular complexity index is 1630. The quantitative estimate of drug-likeness (QED) is 0.105. The van der Waals surface area contributed by atoms with Gasteiger partial charge in [-0.15, -0.1) is 0 Å². The predicted molar refractivity (Wildman–Crippen MR) is 155 cm³/mol. The van der Waals surface area contributed by atoms with E-state index < -0.39 is 23.7 Å². The first kappa shape index (κ1) is 27.3. The van der Waals surface area contributed by atoms with E-state index in [-0.39, 0.29) is 27.9 Å². The molecule has 1 fully saturated rings. The number of aliphatic hydroxyl groups excluding tert-OH is 1. The summed E-state index contributed by atoms with van der Waals surface area (Å²) in [5.41, 5.74) is 1.14. The molecule has 202 valence electrons. The molecular weight excluding hydrogens is 596 g/mol. The first-order valence-corrected chi connectivity index (χ1v) is 13.9. The van der Waals surface area contributed by atoms with Gasteiger partial charge in [0.25, 0.3) is 5.78 Å². The monoisotopic (exact) mass is 618 g/mol. The Morgan fingerprint density at radius 3 is 2.42 bits per heavy atom. The fourth-order valence-corrected chi connectivity index (χ4v) is 5.60. The largest absolute Gasteiger partial charge is 0.507 e. The van der Waals surface area contributed by atoms with Crippen LogP contribution in [0.1, 0.15) is 39.5 Å². The number of carbonyl (C=O) groups excluding carboxylic acids is 3. The van der Waals surface area contributed by atoms with Crippen molar-refractivity contribution in [2.45, 2.75) is 19.9 Å². The van der Waals surface area contributed by atoms with Crippen LogP contribution >= 0.6 is 27.3 Å². The number of aromatic nitrogens is 1. The Balaban J connectivity index is 1.66. The molecule has 1 aliphatic rings. The van der Waals surface area contributed by atoms with Crippen molar-refractivity contribution in [2.24, 2.45) is 0 Å². The number of hydrogen-bond acceptors (Lipinski definition) is 8. The first-order valence-electron chi connectivity index (χ1n) is 12.3. The summed E-state index contributed by atoms with van der Waals surface area (Å²) < 4.78 is 11.9. The third kappa shape index (κ3) is 5.28. The summed E-state index contributed by atoms with van der Waals surface area (Å²) in [7, 11) is 0. The zero-order valence-corrected chi connectivity index (χ0v) is 23.9. The van der Waals surface area contributed by atoms with E-state index in [1.54, 1.807) is 62.4 Å². The third-order valence-electron chi connectivity index (χ3n) is 6.17. The van der Waals surface area contributed by atoms with E-state index in [9.17, 15) is 19.5 Å². The number of esters is 1. The normalized spacial score (nSPS) is 16.3. The lowest BCUT2D eigenvalue weighted by molar-refractivity contribution is -0.132. The van der Waals surface area contributed by atoms with Crippen LogP contribution in [-0.4, -0.2) is 34.4 Å². The second kappa shape index (κ2) is 11.4. The van der Waals surface area contributed by atoms with E-state index in [1.165, 1.54) is 4.90 Å². The molecular formula is C30H23BrN2O6S. The standard InChI is InChI=1S/C30H23BrN2O6S/c1-3-38-29(37)27-17(2)32-30(40-27)33-24(19-8-7-11-22(16-19)39-21-9-5-4-6-10-21)23(26(35)28(33)36)25(34)18-12-14-20(31)15-13-18/h4-16,24,34H,3H2,1-2H3/t24-/m0/s1. The minimum absolute atomic E-state index is 0.102. The Kier molecular flexibility index (Phi) is 7.81. The molecule has 1 N–H and O–H groups in total. The molecule has 40 heavy (non-hydrogen) atoms. The molecule has 0 aliphatic carbocycles. The molecule has 0 radical (unpaired) electrons. The van der Waals surface area contributed by atoms with Crippen molar-refractivity contribution in [1.82, 2.24) is 4.98 Å². The third-order valence-corrected chi connectivity index (χ3v) is 7.83. The zero-order chi connectivity index (χ0) is 28.4. The number of aliphatic hydroxyl groups is 1. The number of ether oxygens (including phenoxy) is 2. The van der Waals surface area contributed by atoms with E-state index in [0.29, 0.717) is 28.3 Å². The maximum absolute atomic E-state index is 13.5. The molecule has 8 nitrogen and oxygen atoms in total. The van der Waals surface area contributed by atoms with Crippen LogP contribution < -0.4 is 9.64 Å². The van der Waals surface area contributed by atoms with Crippen LogP contribution in [0.3, 0.4) is 0 Å². The van der Waals surface area contributed by atoms with Gasteiger partial charge in [-0.25, -0.2) is 9.78 Å². The van der Waals surface area contributed by atoms with Gasteiger partial charge in [-0.3, -0.25) is 14.5 Å². The van der Waals surface area contributed by atoms with Gasteiger partial charge in [0, 0.05) is 10.0 Å². The minimum atomic E-state index is -1.04. The number of Topliss-reactive ketones (excluding diaryl/α,β-unsaturated/α-hetero) is 1. The predicted octanol–water partition coefficient (Wildman–Crippen LogP) is 6.81. The number of halogens is 1. The van der Waals surface area contributed by atoms with Gasteiger partial charge in [0.2, 0.25) is 0 Å². The van der Waals surface area contributed by atoms with Crippen LogP contribution in [-0.2, 0) is 14.3 Å². The summed E-state index contributed by atoms with van der Waals surface area (Å²) in [5.74, 6) is -1.55. The van der Waals surface area contributed by atoms with Crippen LogP contribution in [0.4, 0.5) is 5.13 Å². The van der Waals surface area contributed by atoms with Gasteiger partial charge in [-0.1, -0.05) is 69.7 Å². The Hall–Kier alpha value is -4.28. The molecule has 1 saturated heterocycles. The number of thiazole rings is 1. The highest BCUT2D eigenvalue weighted by Gasteiger charge is 2.48. The molecule has 3 aromatic carbocycles. The number of para-hydroxylation sites is 1. The molecule has 5 rings (SSSR count). The van der Waals surface area contributed by atoms with Crippen molar-refractivity contribution in [3.05, 3.63) is 111 Å². The molecule has 10 heteroatoms. The van der Waals surface area contributed by atoms with E-state index >= 15 is 0 Å². The smallest absolute Gasteiger partial charge is 0.350 e. The van der Waals surface area contributed by atoms with Crippen LogP contribution in [0.15, 0.2) is 88.9 Å². The Morgan fingerprint density at radius 2 is 1.73 bits per heavy atom. The molecule has 0 spiro atoms. The number of carbonyl (C=O) groups is 3. The average molecular weight is 619 g/mol. The van der Waals surface area contributed by atoms with Crippen molar-refractivity contribution < 1.29 is 29.0 Å². The molecule has 1 atom stereocenters. The summed E-state index contributed by atoms with van der Waals surface area (Å²) in [5, 5.41) is 11.5. The Morgan fingerprint density at radius 1 is 1.02 bits per heavy atom. The van der Waals surface area contributed by atoms with Crippen LogP contribution in [0.5, 0.6) is 11.5 Å². The summed E-state index contributed by atoms with van der Waals surface area (Å²) in [4.78, 5) is 45.4. The molecule has 0 unspecified atom stereocenters. The number of ketones is 1. The molecule has 2 heterocycles. The summed E-state index contributed by atoms with van der Waals surface area (Å²) in [6.07, 6.45) is 0. The van der Waals surface area contributed by atoms with Crippen molar-refractivity contribution in [2.75, 3.05) is 11.5 Å². The van der Waals surface area contributed by atoms with Gasteiger partial charge in [-0.2, -0.15) is 0 Å². The highest BCUT2D eigenvalue weighted by molar-refractivity contribution is 9.10. The van der Waals surface area contributed by atoms with Crippen molar-refractivity contribution >= 4 is 55.8 Å². The molecule has 4 aromatic rings. The summed E-state index contributed by atoms with van der Waals surface area (Å²) >= 11 is 4.32. The fraction of sp³-hybridized carbons (Fsp3) is 0.133. The SMILES string of the molecule is CCOC(=O)c1sc(N2C(=O)C(=O)C(=C(O)c3ccc(Br)cc3)[C@@H]2c2cccc(Oc3ccccc3)c2)nc1C. The lowest BCUT2D eigenvalue weighted by Gasteiger charge is -2.23. The number of rotatable bonds is 7. The molecule has 1 amide bonds. The summed E-state index contributed by atoms with van der Waals surface area (Å²) in [6, 6.07) is 21.8. The van der Waals surface area contributed by atoms with Gasteiger partial charge >= 0.3 is 11.9 Å². The molecule has 1 aromatic heterocycles. The van der Waals surface area contributed by atoms with Gasteiger partial charge in [0.15, 0.2) is 5.13 Å². The van der Waals surface area contributed by atoms with Gasteiger partial charge in [0.05, 0.1) is 23.9 Å². The fourth-order valence-electron chi connectivity index (χ4n) is 4.35. The second-order valence-corrected chi connectivity index (χ2v) is 10.7. The maximum Gasteiger partial charge on any atom is 0.350 e. The number of amides is 1. The molecule has 1 aliphatic heterocycles. The Labute approximate surface area is 242 Å². The highest BCUT2D eigenvalue weighted by Crippen LogP contribution is 2.44. The number of benzene rings is 3. The number of hydrogen-bond donors (Lipinski definition) is 1. The first-order chi connectivity index (χ1) is 19.3. The van der Waals surface area contributed by atoms with Crippen LogP contribution in [0.25, 0.3) is 5.76 Å². The number of nitrogens with zero attached hydrogens (tertiary/aromatic N) is 2. The van der Waals surface area contributed by atoms with E-state index in [1.807, 2.05) is 30.3 Å². The zero-order valence-electron chi connectivity index (χ0n) is 21.5. The highest BCUT2D eigenvalue weighted by atomic mass is 79.9.